The van der Waals surface area contributed by atoms with Crippen LogP contribution in [0.4, 0.5) is 0 Å². The average Bonchev–Trinajstić information content (AvgIpc) is 2.52. The number of hydrogen-bond donors (Lipinski definition) is 2. The van der Waals surface area contributed by atoms with E-state index in [1.807, 2.05) is 0 Å². The van der Waals surface area contributed by atoms with Crippen LogP contribution in [0, 0.1) is 5.92 Å². The third-order valence-corrected chi connectivity index (χ3v) is 4.38. The van der Waals surface area contributed by atoms with Gasteiger partial charge in [-0.15, -0.1) is 0 Å². The number of ether oxygens (including phenoxy) is 2. The summed E-state index contributed by atoms with van der Waals surface area (Å²) in [4.78, 5) is 12.0. The van der Waals surface area contributed by atoms with Crippen molar-refractivity contribution in [1.82, 2.24) is 5.32 Å². The van der Waals surface area contributed by atoms with Crippen LogP contribution in [0.15, 0.2) is 0 Å². The molecule has 0 spiro atoms. The lowest BCUT2D eigenvalue weighted by Gasteiger charge is -2.27. The molecule has 1 unspecified atom stereocenters. The van der Waals surface area contributed by atoms with Crippen molar-refractivity contribution in [2.24, 2.45) is 11.7 Å². The van der Waals surface area contributed by atoms with Crippen molar-refractivity contribution in [3.8, 4) is 0 Å². The Hall–Kier alpha value is -0.650. The quantitative estimate of drug-likeness (QED) is 0.719. The summed E-state index contributed by atoms with van der Waals surface area (Å²) in [6.07, 6.45) is 8.35. The Morgan fingerprint density at radius 3 is 2.60 bits per heavy atom. The molecule has 5 heteroatoms. The Kier molecular flexibility index (Phi) is 6.76. The van der Waals surface area contributed by atoms with E-state index in [9.17, 15) is 4.79 Å². The van der Waals surface area contributed by atoms with E-state index >= 15 is 0 Å². The molecular weight excluding hydrogens is 256 g/mol. The minimum absolute atomic E-state index is 0.0517. The summed E-state index contributed by atoms with van der Waals surface area (Å²) in [6, 6.07) is -0.409. The number of amides is 1. The molecule has 1 atom stereocenters. The van der Waals surface area contributed by atoms with Crippen molar-refractivity contribution < 1.29 is 14.3 Å². The maximum Gasteiger partial charge on any atom is 0.237 e. The minimum Gasteiger partial charge on any atom is -0.381 e. The first kappa shape index (κ1) is 15.7. The molecule has 2 fully saturated rings. The molecule has 0 bridgehead atoms. The molecule has 0 aromatic heterocycles. The summed E-state index contributed by atoms with van der Waals surface area (Å²) in [7, 11) is 0. The van der Waals surface area contributed by atoms with E-state index in [1.54, 1.807) is 0 Å². The number of carbonyl (C=O) groups excluding carboxylic acids is 1. The molecule has 0 aromatic rings. The minimum atomic E-state index is -0.409. The molecule has 2 aliphatic rings. The summed E-state index contributed by atoms with van der Waals surface area (Å²) in [6.45, 7) is 2.59. The monoisotopic (exact) mass is 284 g/mol. The molecule has 1 aliphatic heterocycles. The van der Waals surface area contributed by atoms with E-state index in [2.05, 4.69) is 5.32 Å². The summed E-state index contributed by atoms with van der Waals surface area (Å²) < 4.78 is 11.1. The van der Waals surface area contributed by atoms with Gasteiger partial charge >= 0.3 is 0 Å². The highest BCUT2D eigenvalue weighted by atomic mass is 16.5. The first-order chi connectivity index (χ1) is 9.77. The van der Waals surface area contributed by atoms with Gasteiger partial charge in [0.15, 0.2) is 0 Å². The van der Waals surface area contributed by atoms with Crippen LogP contribution in [-0.4, -0.2) is 44.4 Å². The largest absolute Gasteiger partial charge is 0.381 e. The molecule has 0 aromatic carbocycles. The normalized spacial score (nSPS) is 23.4. The second-order valence-electron chi connectivity index (χ2n) is 5.90. The molecule has 1 saturated heterocycles. The zero-order valence-electron chi connectivity index (χ0n) is 12.3. The van der Waals surface area contributed by atoms with Gasteiger partial charge in [0.25, 0.3) is 0 Å². The number of nitrogens with two attached hydrogens (primary N) is 1. The zero-order chi connectivity index (χ0) is 14.2. The first-order valence-corrected chi connectivity index (χ1v) is 8.00. The van der Waals surface area contributed by atoms with Crippen LogP contribution < -0.4 is 11.1 Å². The van der Waals surface area contributed by atoms with Gasteiger partial charge in [-0.25, -0.2) is 0 Å². The van der Waals surface area contributed by atoms with Crippen molar-refractivity contribution in [2.45, 2.75) is 57.1 Å². The predicted octanol–water partition coefficient (Wildman–Crippen LogP) is 1.21. The average molecular weight is 284 g/mol. The fraction of sp³-hybridized carbons (Fsp3) is 0.933. The molecule has 3 N–H and O–H groups in total. The summed E-state index contributed by atoms with van der Waals surface area (Å²) in [5.41, 5.74) is 6.01. The van der Waals surface area contributed by atoms with Crippen molar-refractivity contribution in [3.05, 3.63) is 0 Å². The second kappa shape index (κ2) is 8.60. The fourth-order valence-electron chi connectivity index (χ4n) is 3.04. The Balaban J connectivity index is 1.56. The van der Waals surface area contributed by atoms with Gasteiger partial charge in [-0.05, 0) is 31.6 Å². The van der Waals surface area contributed by atoms with E-state index in [-0.39, 0.29) is 11.8 Å². The lowest BCUT2D eigenvalue weighted by Crippen LogP contribution is -2.47. The zero-order valence-corrected chi connectivity index (χ0v) is 12.3. The lowest BCUT2D eigenvalue weighted by molar-refractivity contribution is -0.124. The van der Waals surface area contributed by atoms with Gasteiger partial charge < -0.3 is 20.5 Å². The van der Waals surface area contributed by atoms with Crippen LogP contribution in [0.1, 0.15) is 44.9 Å². The molecule has 2 rings (SSSR count). The van der Waals surface area contributed by atoms with E-state index in [0.29, 0.717) is 19.3 Å². The van der Waals surface area contributed by atoms with Gasteiger partial charge in [-0.1, -0.05) is 19.3 Å². The van der Waals surface area contributed by atoms with Crippen molar-refractivity contribution in [1.29, 1.82) is 0 Å². The van der Waals surface area contributed by atoms with Crippen LogP contribution in [0.25, 0.3) is 0 Å². The molecule has 1 heterocycles. The molecule has 1 aliphatic carbocycles. The molecule has 5 nitrogen and oxygen atoms in total. The molecular formula is C15H28N2O3. The molecule has 20 heavy (non-hydrogen) atoms. The Morgan fingerprint density at radius 1 is 1.20 bits per heavy atom. The van der Waals surface area contributed by atoms with E-state index in [1.165, 1.54) is 19.3 Å². The van der Waals surface area contributed by atoms with E-state index in [4.69, 9.17) is 15.2 Å². The highest BCUT2D eigenvalue weighted by Gasteiger charge is 2.26. The van der Waals surface area contributed by atoms with Crippen LogP contribution in [0.5, 0.6) is 0 Å². The van der Waals surface area contributed by atoms with Crippen molar-refractivity contribution >= 4 is 5.91 Å². The molecule has 1 amide bonds. The summed E-state index contributed by atoms with van der Waals surface area (Å²) >= 11 is 0. The van der Waals surface area contributed by atoms with Crippen LogP contribution in [0.2, 0.25) is 0 Å². The van der Waals surface area contributed by atoms with Crippen molar-refractivity contribution in [2.75, 3.05) is 26.4 Å². The van der Waals surface area contributed by atoms with Gasteiger partial charge in [-0.3, -0.25) is 4.79 Å². The Bertz CT molecular complexity index is 287. The van der Waals surface area contributed by atoms with Gasteiger partial charge in [0.2, 0.25) is 5.91 Å². The van der Waals surface area contributed by atoms with Gasteiger partial charge in [-0.2, -0.15) is 0 Å². The van der Waals surface area contributed by atoms with Crippen LogP contribution in [-0.2, 0) is 14.3 Å². The predicted molar refractivity (Wildman–Crippen MR) is 77.4 cm³/mol. The van der Waals surface area contributed by atoms with Gasteiger partial charge in [0.05, 0.1) is 18.8 Å². The summed E-state index contributed by atoms with van der Waals surface area (Å²) in [5.74, 6) is 0.201. The van der Waals surface area contributed by atoms with E-state index < -0.39 is 6.04 Å². The van der Waals surface area contributed by atoms with Gasteiger partial charge in [0.1, 0.15) is 0 Å². The first-order valence-electron chi connectivity index (χ1n) is 8.00. The number of hydrogen-bond acceptors (Lipinski definition) is 4. The molecule has 0 radical (unpaired) electrons. The molecule has 116 valence electrons. The topological polar surface area (TPSA) is 73.6 Å². The Labute approximate surface area is 121 Å². The number of carbonyl (C=O) groups is 1. The highest BCUT2D eigenvalue weighted by molar-refractivity contribution is 5.81. The number of nitrogens with one attached hydrogen (secondary N) is 1. The van der Waals surface area contributed by atoms with E-state index in [0.717, 1.165) is 38.9 Å². The standard InChI is InChI=1S/C15H28N2O3/c16-14(12-6-9-19-10-7-12)15(18)17-8-11-20-13-4-2-1-3-5-13/h12-14H,1-11,16H2,(H,17,18). The lowest BCUT2D eigenvalue weighted by atomic mass is 9.92. The maximum absolute atomic E-state index is 12.0. The third-order valence-electron chi connectivity index (χ3n) is 4.38. The second-order valence-corrected chi connectivity index (χ2v) is 5.90. The van der Waals surface area contributed by atoms with Gasteiger partial charge in [0, 0.05) is 19.8 Å². The maximum atomic E-state index is 12.0. The fourth-order valence-corrected chi connectivity index (χ4v) is 3.04. The third kappa shape index (κ3) is 5.04. The van der Waals surface area contributed by atoms with Crippen LogP contribution >= 0.6 is 0 Å². The van der Waals surface area contributed by atoms with Crippen molar-refractivity contribution in [3.63, 3.8) is 0 Å². The smallest absolute Gasteiger partial charge is 0.237 e. The number of rotatable bonds is 6. The van der Waals surface area contributed by atoms with Crippen LogP contribution in [0.3, 0.4) is 0 Å². The molecule has 1 saturated carbocycles. The summed E-state index contributed by atoms with van der Waals surface area (Å²) in [5, 5.41) is 2.89. The highest BCUT2D eigenvalue weighted by Crippen LogP contribution is 2.20. The SMILES string of the molecule is NC(C(=O)NCCOC1CCCCC1)C1CCOCC1. The Morgan fingerprint density at radius 2 is 1.90 bits per heavy atom.